The second-order valence-corrected chi connectivity index (χ2v) is 2.53. The lowest BCUT2D eigenvalue weighted by Gasteiger charge is -2.11. The van der Waals surface area contributed by atoms with E-state index in [0.717, 1.165) is 12.1 Å². The van der Waals surface area contributed by atoms with Crippen LogP contribution in [-0.2, 0) is 0 Å². The van der Waals surface area contributed by atoms with Crippen molar-refractivity contribution in [1.29, 1.82) is 0 Å². The summed E-state index contributed by atoms with van der Waals surface area (Å²) < 4.78 is 49.3. The van der Waals surface area contributed by atoms with Gasteiger partial charge in [-0.15, -0.1) is 0 Å². The van der Waals surface area contributed by atoms with Crippen molar-refractivity contribution in [3.8, 4) is 0 Å². The standard InChI is InChI=1S/C8H7F4N/c9-4-1-2-6(10)5(3-4)7(13)8(11)12/h1-3,7-8H,13H2/t7-/m1/s1. The molecule has 1 atom stereocenters. The van der Waals surface area contributed by atoms with E-state index in [9.17, 15) is 17.6 Å². The van der Waals surface area contributed by atoms with Crippen LogP contribution in [0.5, 0.6) is 0 Å². The minimum atomic E-state index is -2.91. The van der Waals surface area contributed by atoms with Gasteiger partial charge in [-0.3, -0.25) is 0 Å². The van der Waals surface area contributed by atoms with Gasteiger partial charge in [-0.25, -0.2) is 17.6 Å². The molecule has 0 aromatic heterocycles. The van der Waals surface area contributed by atoms with E-state index >= 15 is 0 Å². The highest BCUT2D eigenvalue weighted by molar-refractivity contribution is 5.22. The summed E-state index contributed by atoms with van der Waals surface area (Å²) in [6, 6.07) is 0.506. The molecule has 0 saturated carbocycles. The zero-order valence-electron chi connectivity index (χ0n) is 6.48. The van der Waals surface area contributed by atoms with Gasteiger partial charge in [0, 0.05) is 5.56 Å². The molecule has 5 heteroatoms. The van der Waals surface area contributed by atoms with Crippen molar-refractivity contribution in [2.45, 2.75) is 12.5 Å². The van der Waals surface area contributed by atoms with Crippen LogP contribution in [0.2, 0.25) is 0 Å². The molecule has 1 nitrogen and oxygen atoms in total. The van der Waals surface area contributed by atoms with Gasteiger partial charge in [-0.1, -0.05) is 0 Å². The maximum atomic E-state index is 12.8. The molecule has 0 aliphatic heterocycles. The molecule has 1 rings (SSSR count). The SMILES string of the molecule is N[C@H](c1cc(F)ccc1F)C(F)F. The van der Waals surface area contributed by atoms with Crippen LogP contribution in [0.1, 0.15) is 11.6 Å². The van der Waals surface area contributed by atoms with Crippen LogP contribution in [0, 0.1) is 11.6 Å². The van der Waals surface area contributed by atoms with E-state index in [1.807, 2.05) is 0 Å². The molecule has 0 unspecified atom stereocenters. The van der Waals surface area contributed by atoms with Crippen molar-refractivity contribution in [3.05, 3.63) is 35.4 Å². The number of benzene rings is 1. The van der Waals surface area contributed by atoms with Crippen LogP contribution in [0.4, 0.5) is 17.6 Å². The first-order valence-corrected chi connectivity index (χ1v) is 3.51. The Balaban J connectivity index is 3.05. The third-order valence-corrected chi connectivity index (χ3v) is 1.59. The number of rotatable bonds is 2. The second-order valence-electron chi connectivity index (χ2n) is 2.53. The van der Waals surface area contributed by atoms with Crippen molar-refractivity contribution in [3.63, 3.8) is 0 Å². The maximum absolute atomic E-state index is 12.8. The number of hydrogen-bond acceptors (Lipinski definition) is 1. The molecule has 0 radical (unpaired) electrons. The van der Waals surface area contributed by atoms with E-state index < -0.39 is 29.7 Å². The maximum Gasteiger partial charge on any atom is 0.257 e. The summed E-state index contributed by atoms with van der Waals surface area (Å²) in [6.07, 6.45) is -2.91. The predicted molar refractivity (Wildman–Crippen MR) is 39.3 cm³/mol. The van der Waals surface area contributed by atoms with Gasteiger partial charge in [-0.2, -0.15) is 0 Å². The molecule has 1 aromatic rings. The number of halogens is 4. The number of nitrogens with two attached hydrogens (primary N) is 1. The minimum Gasteiger partial charge on any atom is -0.319 e. The van der Waals surface area contributed by atoms with Gasteiger partial charge in [0.05, 0.1) is 6.04 Å². The van der Waals surface area contributed by atoms with Gasteiger partial charge in [0.25, 0.3) is 6.43 Å². The smallest absolute Gasteiger partial charge is 0.257 e. The second kappa shape index (κ2) is 3.74. The van der Waals surface area contributed by atoms with E-state index in [0.29, 0.717) is 6.07 Å². The van der Waals surface area contributed by atoms with Crippen LogP contribution < -0.4 is 5.73 Å². The molecule has 0 heterocycles. The van der Waals surface area contributed by atoms with Crippen molar-refractivity contribution in [2.75, 3.05) is 0 Å². The minimum absolute atomic E-state index is 0.505. The van der Waals surface area contributed by atoms with E-state index in [1.165, 1.54) is 0 Å². The van der Waals surface area contributed by atoms with Crippen LogP contribution >= 0.6 is 0 Å². The number of alkyl halides is 2. The lowest BCUT2D eigenvalue weighted by Crippen LogP contribution is -2.20. The highest BCUT2D eigenvalue weighted by atomic mass is 19.3. The normalized spacial score (nSPS) is 13.4. The van der Waals surface area contributed by atoms with Crippen LogP contribution in [-0.4, -0.2) is 6.43 Å². The van der Waals surface area contributed by atoms with Crippen LogP contribution in [0.25, 0.3) is 0 Å². The monoisotopic (exact) mass is 193 g/mol. The summed E-state index contributed by atoms with van der Waals surface area (Å²) >= 11 is 0. The lowest BCUT2D eigenvalue weighted by molar-refractivity contribution is 0.114. The number of hydrogen-bond donors (Lipinski definition) is 1. The molecule has 13 heavy (non-hydrogen) atoms. The Bertz CT molecular complexity index is 300. The molecule has 2 N–H and O–H groups in total. The van der Waals surface area contributed by atoms with Gasteiger partial charge >= 0.3 is 0 Å². The summed E-state index contributed by atoms with van der Waals surface area (Å²) in [5.74, 6) is -1.71. The summed E-state index contributed by atoms with van der Waals surface area (Å²) in [6.45, 7) is 0. The summed E-state index contributed by atoms with van der Waals surface area (Å²) in [4.78, 5) is 0. The topological polar surface area (TPSA) is 26.0 Å². The Labute approximate surface area is 72.2 Å². The summed E-state index contributed by atoms with van der Waals surface area (Å²) in [5, 5.41) is 0. The molecule has 1 aromatic carbocycles. The van der Waals surface area contributed by atoms with Crippen molar-refractivity contribution < 1.29 is 17.6 Å². The summed E-state index contributed by atoms with van der Waals surface area (Å²) in [5.41, 5.74) is 4.45. The fourth-order valence-electron chi connectivity index (χ4n) is 0.906. The quantitative estimate of drug-likeness (QED) is 0.716. The van der Waals surface area contributed by atoms with Gasteiger partial charge in [0.1, 0.15) is 11.6 Å². The van der Waals surface area contributed by atoms with E-state index in [2.05, 4.69) is 0 Å². The Morgan fingerprint density at radius 1 is 1.15 bits per heavy atom. The molecule has 0 amide bonds. The highest BCUT2D eigenvalue weighted by Crippen LogP contribution is 2.21. The zero-order chi connectivity index (χ0) is 10.0. The molecular weight excluding hydrogens is 186 g/mol. The average molecular weight is 193 g/mol. The Morgan fingerprint density at radius 3 is 2.31 bits per heavy atom. The fourth-order valence-corrected chi connectivity index (χ4v) is 0.906. The third kappa shape index (κ3) is 2.18. The lowest BCUT2D eigenvalue weighted by atomic mass is 10.1. The molecule has 0 fully saturated rings. The molecule has 0 spiro atoms. The first-order chi connectivity index (χ1) is 6.02. The largest absolute Gasteiger partial charge is 0.319 e. The van der Waals surface area contributed by atoms with E-state index in [-0.39, 0.29) is 0 Å². The van der Waals surface area contributed by atoms with Crippen molar-refractivity contribution >= 4 is 0 Å². The molecule has 0 aliphatic carbocycles. The Kier molecular flexibility index (Phi) is 2.87. The van der Waals surface area contributed by atoms with Gasteiger partial charge in [0.2, 0.25) is 0 Å². The summed E-state index contributed by atoms with van der Waals surface area (Å²) in [7, 11) is 0. The highest BCUT2D eigenvalue weighted by Gasteiger charge is 2.21. The van der Waals surface area contributed by atoms with Crippen LogP contribution in [0.15, 0.2) is 18.2 Å². The van der Waals surface area contributed by atoms with Crippen molar-refractivity contribution in [1.82, 2.24) is 0 Å². The van der Waals surface area contributed by atoms with Crippen LogP contribution in [0.3, 0.4) is 0 Å². The van der Waals surface area contributed by atoms with Gasteiger partial charge < -0.3 is 5.73 Å². The Hall–Kier alpha value is -1.10. The molecule has 0 bridgehead atoms. The van der Waals surface area contributed by atoms with E-state index in [4.69, 9.17) is 5.73 Å². The molecular formula is C8H7F4N. The third-order valence-electron chi connectivity index (χ3n) is 1.59. The first kappa shape index (κ1) is 9.98. The first-order valence-electron chi connectivity index (χ1n) is 3.51. The molecule has 0 aliphatic rings. The van der Waals surface area contributed by atoms with Gasteiger partial charge in [-0.05, 0) is 18.2 Å². The van der Waals surface area contributed by atoms with E-state index in [1.54, 1.807) is 0 Å². The average Bonchev–Trinajstić information content (AvgIpc) is 2.08. The van der Waals surface area contributed by atoms with Gasteiger partial charge in [0.15, 0.2) is 0 Å². The molecule has 0 saturated heterocycles. The van der Waals surface area contributed by atoms with Crippen molar-refractivity contribution in [2.24, 2.45) is 5.73 Å². The zero-order valence-corrected chi connectivity index (χ0v) is 6.48. The molecule has 72 valence electrons. The Morgan fingerprint density at radius 2 is 1.77 bits per heavy atom. The fraction of sp³-hybridized carbons (Fsp3) is 0.250. The predicted octanol–water partition coefficient (Wildman–Crippen LogP) is 2.23.